The van der Waals surface area contributed by atoms with E-state index >= 15 is 0 Å². The van der Waals surface area contributed by atoms with Crippen molar-refractivity contribution in [1.29, 1.82) is 0 Å². The van der Waals surface area contributed by atoms with E-state index in [9.17, 15) is 6.48 Å². The van der Waals surface area contributed by atoms with Crippen molar-refractivity contribution < 1.29 is 31.7 Å². The van der Waals surface area contributed by atoms with Crippen molar-refractivity contribution in [3.8, 4) is 78.6 Å². The van der Waals surface area contributed by atoms with Crippen LogP contribution in [0.15, 0.2) is 152 Å². The monoisotopic (exact) mass is 1210 g/mol. The van der Waals surface area contributed by atoms with Crippen molar-refractivity contribution in [2.45, 2.75) is 157 Å². The van der Waals surface area contributed by atoms with Gasteiger partial charge in [0.15, 0.2) is 0 Å². The summed E-state index contributed by atoms with van der Waals surface area (Å²) < 4.78 is 38.0. The zero-order chi connectivity index (χ0) is 58.4. The predicted octanol–water partition coefficient (Wildman–Crippen LogP) is 20.1. The molecule has 1 fully saturated rings. The van der Waals surface area contributed by atoms with E-state index in [0.717, 1.165) is 109 Å². The SMILES string of the molecule is [2H]C([2H])([2H])c1cc(-c2ccc(C3([2H])CCC(C)(C)CC3)cc2)ccc1-c1ccnc(-c2[c-]c(-c3cccc4c3nc(-c3cc(C(C)(C)C)cc(C(C)(C)C)c3O)n4-c3ccc(C(C)(C)C)cc3-c3ccccc3)cc(C(C)(C)C)c2)c1.[Pt]. The summed E-state index contributed by atoms with van der Waals surface area (Å²) in [6, 6.07) is 53.9. The molecule has 0 saturated heterocycles. The van der Waals surface area contributed by atoms with Crippen LogP contribution in [0.25, 0.3) is 83.9 Å². The number of benzene rings is 7. The number of fused-ring (bicyclic) bond motifs is 1. The summed E-state index contributed by atoms with van der Waals surface area (Å²) in [6.45, 7) is 28.6. The molecule has 5 heteroatoms. The number of imidazole rings is 1. The maximum Gasteiger partial charge on any atom is 0.148 e. The molecule has 2 aromatic heterocycles. The number of aryl methyl sites for hydroxylation is 1. The van der Waals surface area contributed by atoms with Gasteiger partial charge in [-0.15, -0.1) is 29.3 Å². The van der Waals surface area contributed by atoms with Crippen molar-refractivity contribution in [2.24, 2.45) is 5.41 Å². The first kappa shape index (κ1) is 51.1. The zero-order valence-corrected chi connectivity index (χ0v) is 50.6. The Hall–Kier alpha value is -6.35. The van der Waals surface area contributed by atoms with Gasteiger partial charge in [-0.1, -0.05) is 211 Å². The topological polar surface area (TPSA) is 50.9 Å². The summed E-state index contributed by atoms with van der Waals surface area (Å²) >= 11 is 0. The molecule has 1 aliphatic carbocycles. The predicted molar refractivity (Wildman–Crippen MR) is 327 cm³/mol. The van der Waals surface area contributed by atoms with Crippen LogP contribution in [0.5, 0.6) is 5.75 Å². The number of hydrogen-bond acceptors (Lipinski definition) is 3. The standard InChI is InChI=1S/C73H80N3O.Pt/c1-46-38-51(48-26-24-47(25-27-48)49-32-35-73(14,15)36-33-49)28-30-58(46)52-34-37-74-63(42-52)54-39-53(40-56(41-54)70(5,6)7)59-22-19-23-65-66(59)75-68(61-44-57(71(8,9)10)45-62(67(61)77)72(11,12)13)76(65)64-31-29-55(69(2,3)4)43-60(64)50-20-17-16-18-21-50;/h16-31,34,37-38,40-45,49,77H,32-33,35-36H2,1-15H3;/q-1;/i1D3,49D;. The summed E-state index contributed by atoms with van der Waals surface area (Å²) in [4.78, 5) is 10.7. The molecule has 0 amide bonds. The second-order valence-electron chi connectivity index (χ2n) is 26.7. The summed E-state index contributed by atoms with van der Waals surface area (Å²) in [7, 11) is 0. The molecule has 9 aromatic rings. The molecule has 0 atom stereocenters. The van der Waals surface area contributed by atoms with Gasteiger partial charge in [0.2, 0.25) is 0 Å². The van der Waals surface area contributed by atoms with Crippen molar-refractivity contribution in [3.63, 3.8) is 0 Å². The average Bonchev–Trinajstić information content (AvgIpc) is 3.63. The molecular formula is C73H80N3OPt-. The smallest absolute Gasteiger partial charge is 0.148 e. The van der Waals surface area contributed by atoms with Gasteiger partial charge < -0.3 is 5.11 Å². The first-order valence-corrected chi connectivity index (χ1v) is 27.7. The van der Waals surface area contributed by atoms with Gasteiger partial charge in [-0.25, -0.2) is 4.98 Å². The minimum Gasteiger partial charge on any atom is -0.507 e. The Morgan fingerprint density at radius 1 is 0.577 bits per heavy atom. The second-order valence-corrected chi connectivity index (χ2v) is 26.7. The number of pyridine rings is 1. The number of phenols is 1. The largest absolute Gasteiger partial charge is 0.507 e. The van der Waals surface area contributed by atoms with Crippen LogP contribution >= 0.6 is 0 Å². The zero-order valence-electron chi connectivity index (χ0n) is 52.4. The van der Waals surface area contributed by atoms with Crippen LogP contribution in [0.4, 0.5) is 0 Å². The van der Waals surface area contributed by atoms with E-state index in [1.807, 2.05) is 42.5 Å². The van der Waals surface area contributed by atoms with Gasteiger partial charge in [0.05, 0.1) is 22.3 Å². The fourth-order valence-corrected chi connectivity index (χ4v) is 11.0. The molecule has 0 unspecified atom stereocenters. The molecule has 0 spiro atoms. The molecule has 78 heavy (non-hydrogen) atoms. The third-order valence-corrected chi connectivity index (χ3v) is 16.1. The Kier molecular flexibility index (Phi) is 13.8. The minimum atomic E-state index is -2.41. The van der Waals surface area contributed by atoms with E-state index in [2.05, 4.69) is 205 Å². The molecule has 1 saturated carbocycles. The van der Waals surface area contributed by atoms with E-state index in [-0.39, 0.29) is 59.5 Å². The van der Waals surface area contributed by atoms with Gasteiger partial charge in [0, 0.05) is 49.6 Å². The van der Waals surface area contributed by atoms with Gasteiger partial charge >= 0.3 is 0 Å². The Balaban J connectivity index is 0.00000810. The normalized spacial score (nSPS) is 15.7. The molecule has 0 aliphatic heterocycles. The second kappa shape index (κ2) is 21.0. The van der Waals surface area contributed by atoms with E-state index in [1.165, 1.54) is 5.56 Å². The van der Waals surface area contributed by atoms with Crippen LogP contribution < -0.4 is 0 Å². The summed E-state index contributed by atoms with van der Waals surface area (Å²) in [5.41, 5.74) is 16.4. The Bertz CT molecular complexity index is 3830. The number of aromatic nitrogens is 3. The molecule has 404 valence electrons. The van der Waals surface area contributed by atoms with Crippen LogP contribution in [-0.2, 0) is 42.7 Å². The number of phenolic OH excluding ortho intramolecular Hbond substituents is 1. The Labute approximate surface area is 486 Å². The number of aromatic hydroxyl groups is 1. The summed E-state index contributed by atoms with van der Waals surface area (Å²) in [6.07, 6.45) is 5.46. The molecule has 1 N–H and O–H groups in total. The van der Waals surface area contributed by atoms with E-state index in [1.54, 1.807) is 12.3 Å². The van der Waals surface area contributed by atoms with Crippen molar-refractivity contribution in [3.05, 3.63) is 191 Å². The third kappa shape index (κ3) is 11.4. The van der Waals surface area contributed by atoms with Crippen LogP contribution in [0.2, 0.25) is 0 Å². The van der Waals surface area contributed by atoms with Gasteiger partial charge in [-0.2, -0.15) is 0 Å². The maximum atomic E-state index is 12.7. The van der Waals surface area contributed by atoms with Crippen molar-refractivity contribution in [2.75, 3.05) is 0 Å². The molecule has 2 heterocycles. The molecule has 0 radical (unpaired) electrons. The molecule has 0 bridgehead atoms. The third-order valence-electron chi connectivity index (χ3n) is 16.1. The van der Waals surface area contributed by atoms with Crippen LogP contribution in [0.3, 0.4) is 0 Å². The molecule has 1 aliphatic rings. The average molecular weight is 1210 g/mol. The van der Waals surface area contributed by atoms with Crippen LogP contribution in [0.1, 0.15) is 167 Å². The van der Waals surface area contributed by atoms with Crippen LogP contribution in [0, 0.1) is 18.3 Å². The number of para-hydroxylation sites is 1. The fourth-order valence-electron chi connectivity index (χ4n) is 11.0. The molecule has 4 nitrogen and oxygen atoms in total. The first-order valence-electron chi connectivity index (χ1n) is 29.7. The molecular weight excluding hydrogens is 1130 g/mol. The maximum absolute atomic E-state index is 12.7. The van der Waals surface area contributed by atoms with Gasteiger partial charge in [0.25, 0.3) is 0 Å². The van der Waals surface area contributed by atoms with Crippen molar-refractivity contribution >= 4 is 11.0 Å². The van der Waals surface area contributed by atoms with Crippen LogP contribution in [-0.4, -0.2) is 19.6 Å². The quantitative estimate of drug-likeness (QED) is 0.154. The van der Waals surface area contributed by atoms with E-state index < -0.39 is 12.7 Å². The molecule has 10 rings (SSSR count). The Morgan fingerprint density at radius 3 is 1.87 bits per heavy atom. The first-order chi connectivity index (χ1) is 37.8. The molecule has 7 aromatic carbocycles. The van der Waals surface area contributed by atoms with Gasteiger partial charge in [-0.05, 0) is 146 Å². The van der Waals surface area contributed by atoms with Gasteiger partial charge in [-0.3, -0.25) is 9.55 Å². The number of rotatable bonds is 8. The minimum absolute atomic E-state index is 0. The van der Waals surface area contributed by atoms with E-state index in [4.69, 9.17) is 14.1 Å². The number of hydrogen-bond donors (Lipinski definition) is 1. The fraction of sp³-hybridized carbons (Fsp3) is 0.342. The van der Waals surface area contributed by atoms with Gasteiger partial charge in [0.1, 0.15) is 11.6 Å². The number of nitrogens with zero attached hydrogens (tertiary/aromatic N) is 3. The Morgan fingerprint density at radius 2 is 1.22 bits per heavy atom. The van der Waals surface area contributed by atoms with Crippen molar-refractivity contribution in [1.82, 2.24) is 14.5 Å². The van der Waals surface area contributed by atoms with E-state index in [0.29, 0.717) is 22.6 Å². The summed E-state index contributed by atoms with van der Waals surface area (Å²) in [5, 5.41) is 12.7. The summed E-state index contributed by atoms with van der Waals surface area (Å²) in [5.74, 6) is 0.229.